The van der Waals surface area contributed by atoms with Gasteiger partial charge in [0.15, 0.2) is 0 Å². The van der Waals surface area contributed by atoms with Crippen LogP contribution in [0.2, 0.25) is 10.0 Å². The molecule has 1 aliphatic heterocycles. The van der Waals surface area contributed by atoms with E-state index in [1.54, 1.807) is 6.07 Å². The Kier molecular flexibility index (Phi) is 6.08. The maximum Gasteiger partial charge on any atom is 0.222 e. The van der Waals surface area contributed by atoms with Crippen LogP contribution in [0.25, 0.3) is 0 Å². The van der Waals surface area contributed by atoms with Gasteiger partial charge in [-0.1, -0.05) is 29.3 Å². The van der Waals surface area contributed by atoms with Crippen molar-refractivity contribution < 1.29 is 9.18 Å². The highest BCUT2D eigenvalue weighted by atomic mass is 35.5. The minimum absolute atomic E-state index is 0.114. The van der Waals surface area contributed by atoms with Gasteiger partial charge in [-0.05, 0) is 37.3 Å². The minimum Gasteiger partial charge on any atom is -0.367 e. The number of carbonyl (C=O) groups excluding carboxylic acids is 1. The van der Waals surface area contributed by atoms with Crippen molar-refractivity contribution in [1.82, 2.24) is 4.90 Å². The molecule has 0 radical (unpaired) electrons. The van der Waals surface area contributed by atoms with Gasteiger partial charge in [-0.2, -0.15) is 0 Å². The van der Waals surface area contributed by atoms with Crippen LogP contribution in [0, 0.1) is 5.92 Å². The van der Waals surface area contributed by atoms with Gasteiger partial charge >= 0.3 is 0 Å². The van der Waals surface area contributed by atoms with E-state index in [4.69, 9.17) is 28.9 Å². The molecule has 0 aromatic heterocycles. The van der Waals surface area contributed by atoms with Gasteiger partial charge in [-0.3, -0.25) is 4.79 Å². The third-order valence-electron chi connectivity index (χ3n) is 5.30. The molecule has 1 heterocycles. The molecule has 0 spiro atoms. The molecule has 138 valence electrons. The van der Waals surface area contributed by atoms with Gasteiger partial charge in [0.2, 0.25) is 5.91 Å². The van der Waals surface area contributed by atoms with Crippen LogP contribution in [0.15, 0.2) is 18.2 Å². The van der Waals surface area contributed by atoms with Crippen molar-refractivity contribution in [2.24, 2.45) is 11.7 Å². The van der Waals surface area contributed by atoms with Crippen LogP contribution in [-0.2, 0) is 4.79 Å². The molecule has 3 unspecified atom stereocenters. The largest absolute Gasteiger partial charge is 0.367 e. The Balaban J connectivity index is 1.52. The van der Waals surface area contributed by atoms with Crippen LogP contribution in [0.5, 0.6) is 0 Å². The standard InChI is InChI=1S/C18H24Cl2FN3O/c19-13-2-1-3-16(18(13)20)23-6-8-24(9-7-23)17(25)11-12-4-5-15(22)14(21)10-12/h1-3,12,14-15H,4-11,22H2. The molecule has 2 aliphatic rings. The summed E-state index contributed by atoms with van der Waals surface area (Å²) in [6, 6.07) is 5.22. The van der Waals surface area contributed by atoms with Gasteiger partial charge in [0, 0.05) is 38.6 Å². The Morgan fingerprint density at radius 1 is 1.20 bits per heavy atom. The summed E-state index contributed by atoms with van der Waals surface area (Å²) in [7, 11) is 0. The number of nitrogens with zero attached hydrogens (tertiary/aromatic N) is 2. The molecule has 25 heavy (non-hydrogen) atoms. The third-order valence-corrected chi connectivity index (χ3v) is 6.11. The minimum atomic E-state index is -0.978. The number of benzene rings is 1. The Morgan fingerprint density at radius 2 is 1.92 bits per heavy atom. The van der Waals surface area contributed by atoms with Crippen LogP contribution < -0.4 is 10.6 Å². The molecule has 3 atom stereocenters. The van der Waals surface area contributed by atoms with Gasteiger partial charge < -0.3 is 15.5 Å². The molecular weight excluding hydrogens is 364 g/mol. The summed E-state index contributed by atoms with van der Waals surface area (Å²) in [4.78, 5) is 16.5. The van der Waals surface area contributed by atoms with E-state index in [1.807, 2.05) is 17.0 Å². The van der Waals surface area contributed by atoms with E-state index in [-0.39, 0.29) is 17.9 Å². The van der Waals surface area contributed by atoms with Crippen molar-refractivity contribution in [3.05, 3.63) is 28.2 Å². The van der Waals surface area contributed by atoms with Gasteiger partial charge in [0.25, 0.3) is 0 Å². The summed E-state index contributed by atoms with van der Waals surface area (Å²) in [5.41, 5.74) is 6.62. The molecule has 1 aromatic carbocycles. The van der Waals surface area contributed by atoms with Crippen LogP contribution in [0.1, 0.15) is 25.7 Å². The number of anilines is 1. The zero-order chi connectivity index (χ0) is 18.0. The number of hydrogen-bond donors (Lipinski definition) is 1. The molecule has 1 amide bonds. The molecule has 2 N–H and O–H groups in total. The van der Waals surface area contributed by atoms with Crippen LogP contribution in [0.3, 0.4) is 0 Å². The fourth-order valence-corrected chi connectivity index (χ4v) is 4.13. The topological polar surface area (TPSA) is 49.6 Å². The number of nitrogens with two attached hydrogens (primary N) is 1. The number of amides is 1. The van der Waals surface area contributed by atoms with Gasteiger partial charge in [-0.25, -0.2) is 4.39 Å². The zero-order valence-electron chi connectivity index (χ0n) is 14.1. The van der Waals surface area contributed by atoms with Crippen molar-refractivity contribution >= 4 is 34.8 Å². The van der Waals surface area contributed by atoms with E-state index in [0.29, 0.717) is 55.5 Å². The Labute approximate surface area is 158 Å². The first-order valence-corrected chi connectivity index (χ1v) is 9.57. The fourth-order valence-electron chi connectivity index (χ4n) is 3.71. The second kappa shape index (κ2) is 8.11. The van der Waals surface area contributed by atoms with E-state index in [1.165, 1.54) is 0 Å². The van der Waals surface area contributed by atoms with Gasteiger partial charge in [0.05, 0.1) is 15.7 Å². The maximum atomic E-state index is 13.7. The Hall–Kier alpha value is -1.04. The normalized spacial score (nSPS) is 27.4. The highest BCUT2D eigenvalue weighted by molar-refractivity contribution is 6.43. The number of carbonyl (C=O) groups is 1. The van der Waals surface area contributed by atoms with Gasteiger partial charge in [-0.15, -0.1) is 0 Å². The quantitative estimate of drug-likeness (QED) is 0.863. The second-order valence-electron chi connectivity index (χ2n) is 7.00. The van der Waals surface area contributed by atoms with Crippen molar-refractivity contribution in [3.8, 4) is 0 Å². The lowest BCUT2D eigenvalue weighted by Gasteiger charge is -2.37. The van der Waals surface area contributed by atoms with Crippen LogP contribution >= 0.6 is 23.2 Å². The average Bonchev–Trinajstić information content (AvgIpc) is 2.61. The smallest absolute Gasteiger partial charge is 0.222 e. The number of alkyl halides is 1. The summed E-state index contributed by atoms with van der Waals surface area (Å²) >= 11 is 12.4. The third kappa shape index (κ3) is 4.39. The summed E-state index contributed by atoms with van der Waals surface area (Å²) in [6.07, 6.45) is 1.36. The summed E-state index contributed by atoms with van der Waals surface area (Å²) in [5, 5.41) is 1.09. The molecule has 3 rings (SSSR count). The van der Waals surface area contributed by atoms with E-state index < -0.39 is 6.17 Å². The fraction of sp³-hybridized carbons (Fsp3) is 0.611. The molecule has 2 fully saturated rings. The Morgan fingerprint density at radius 3 is 2.60 bits per heavy atom. The predicted octanol–water partition coefficient (Wildman–Crippen LogP) is 3.50. The van der Waals surface area contributed by atoms with E-state index in [0.717, 1.165) is 12.1 Å². The second-order valence-corrected chi connectivity index (χ2v) is 7.79. The molecule has 7 heteroatoms. The summed E-state index contributed by atoms with van der Waals surface area (Å²) in [6.45, 7) is 2.72. The van der Waals surface area contributed by atoms with Crippen molar-refractivity contribution in [2.75, 3.05) is 31.1 Å². The summed E-state index contributed by atoms with van der Waals surface area (Å²) in [5.74, 6) is 0.229. The molecular formula is C18H24Cl2FN3O. The number of rotatable bonds is 3. The monoisotopic (exact) mass is 387 g/mol. The number of halogens is 3. The maximum absolute atomic E-state index is 13.7. The first-order valence-electron chi connectivity index (χ1n) is 8.82. The lowest BCUT2D eigenvalue weighted by Crippen LogP contribution is -2.49. The van der Waals surface area contributed by atoms with Crippen LogP contribution in [-0.4, -0.2) is 49.2 Å². The first-order chi connectivity index (χ1) is 12.0. The zero-order valence-corrected chi connectivity index (χ0v) is 15.6. The lowest BCUT2D eigenvalue weighted by molar-refractivity contribution is -0.132. The molecule has 1 aromatic rings. The SMILES string of the molecule is NC1CCC(CC(=O)N2CCN(c3cccc(Cl)c3Cl)CC2)CC1F. The van der Waals surface area contributed by atoms with E-state index in [9.17, 15) is 9.18 Å². The number of piperazine rings is 1. The number of hydrogen-bond acceptors (Lipinski definition) is 3. The molecule has 1 saturated carbocycles. The van der Waals surface area contributed by atoms with E-state index >= 15 is 0 Å². The molecule has 0 bridgehead atoms. The van der Waals surface area contributed by atoms with Crippen molar-refractivity contribution in [3.63, 3.8) is 0 Å². The van der Waals surface area contributed by atoms with Crippen LogP contribution in [0.4, 0.5) is 10.1 Å². The van der Waals surface area contributed by atoms with E-state index in [2.05, 4.69) is 4.90 Å². The van der Waals surface area contributed by atoms with Crippen molar-refractivity contribution in [1.29, 1.82) is 0 Å². The first kappa shape index (κ1) is 18.7. The lowest BCUT2D eigenvalue weighted by atomic mass is 9.83. The van der Waals surface area contributed by atoms with Gasteiger partial charge in [0.1, 0.15) is 6.17 Å². The molecule has 1 aliphatic carbocycles. The highest BCUT2D eigenvalue weighted by Crippen LogP contribution is 2.33. The predicted molar refractivity (Wildman–Crippen MR) is 100 cm³/mol. The molecule has 4 nitrogen and oxygen atoms in total. The Bertz CT molecular complexity index is 622. The highest BCUT2D eigenvalue weighted by Gasteiger charge is 2.31. The summed E-state index contributed by atoms with van der Waals surface area (Å²) < 4.78 is 13.7. The molecule has 1 saturated heterocycles. The average molecular weight is 388 g/mol. The van der Waals surface area contributed by atoms with Crippen molar-refractivity contribution in [2.45, 2.75) is 37.9 Å².